The fourth-order valence-electron chi connectivity index (χ4n) is 2.94. The number of nitrogens with two attached hydrogens (primary N) is 1. The molecule has 28 heavy (non-hydrogen) atoms. The number of anilines is 1. The van der Waals surface area contributed by atoms with Crippen molar-refractivity contribution < 1.29 is 9.18 Å². The standard InChI is InChI=1S/C22H19FN4O/c1-14-10-20(19(23)12-18(14)13-24)27-21(22(25)28)11-15-2-4-16(5-3-15)17-6-8-26-9-7-17/h2-10,12,21,27H,11H2,1H3,(H2,25,28). The minimum Gasteiger partial charge on any atom is -0.371 e. The summed E-state index contributed by atoms with van der Waals surface area (Å²) in [6.45, 7) is 1.71. The minimum absolute atomic E-state index is 0.147. The van der Waals surface area contributed by atoms with Gasteiger partial charge in [-0.25, -0.2) is 4.39 Å². The van der Waals surface area contributed by atoms with E-state index in [0.29, 0.717) is 12.0 Å². The minimum atomic E-state index is -0.784. The van der Waals surface area contributed by atoms with Gasteiger partial charge in [-0.05, 0) is 53.4 Å². The molecule has 140 valence electrons. The van der Waals surface area contributed by atoms with Crippen LogP contribution in [0.5, 0.6) is 0 Å². The summed E-state index contributed by atoms with van der Waals surface area (Å²) in [7, 11) is 0. The Kier molecular flexibility index (Phi) is 5.66. The number of amides is 1. The Morgan fingerprint density at radius 3 is 2.43 bits per heavy atom. The van der Waals surface area contributed by atoms with Gasteiger partial charge in [0, 0.05) is 18.8 Å². The molecular weight excluding hydrogens is 355 g/mol. The van der Waals surface area contributed by atoms with Gasteiger partial charge in [0.15, 0.2) is 0 Å². The highest BCUT2D eigenvalue weighted by atomic mass is 19.1. The van der Waals surface area contributed by atoms with Crippen molar-refractivity contribution in [1.82, 2.24) is 4.98 Å². The van der Waals surface area contributed by atoms with Crippen LogP contribution in [0, 0.1) is 24.1 Å². The molecule has 0 radical (unpaired) electrons. The van der Waals surface area contributed by atoms with Crippen molar-refractivity contribution in [3.05, 3.63) is 83.4 Å². The van der Waals surface area contributed by atoms with Crippen LogP contribution in [0.4, 0.5) is 10.1 Å². The summed E-state index contributed by atoms with van der Waals surface area (Å²) in [4.78, 5) is 15.9. The lowest BCUT2D eigenvalue weighted by atomic mass is 10.0. The molecule has 0 saturated carbocycles. The molecule has 0 saturated heterocycles. The largest absolute Gasteiger partial charge is 0.371 e. The van der Waals surface area contributed by atoms with Crippen LogP contribution < -0.4 is 11.1 Å². The molecule has 3 rings (SSSR count). The van der Waals surface area contributed by atoms with Crippen molar-refractivity contribution in [2.75, 3.05) is 5.32 Å². The summed E-state index contributed by atoms with van der Waals surface area (Å²) in [6.07, 6.45) is 3.76. The maximum atomic E-state index is 14.2. The van der Waals surface area contributed by atoms with E-state index >= 15 is 0 Å². The fourth-order valence-corrected chi connectivity index (χ4v) is 2.94. The molecule has 2 aromatic carbocycles. The van der Waals surface area contributed by atoms with Gasteiger partial charge in [0.05, 0.1) is 17.3 Å². The number of benzene rings is 2. The monoisotopic (exact) mass is 374 g/mol. The number of nitriles is 1. The number of aromatic nitrogens is 1. The molecule has 1 aromatic heterocycles. The molecule has 5 nitrogen and oxygen atoms in total. The van der Waals surface area contributed by atoms with Gasteiger partial charge in [-0.2, -0.15) is 5.26 Å². The van der Waals surface area contributed by atoms with Gasteiger partial charge in [0.25, 0.3) is 0 Å². The maximum absolute atomic E-state index is 14.2. The van der Waals surface area contributed by atoms with Crippen LogP contribution in [0.3, 0.4) is 0 Å². The number of hydrogen-bond acceptors (Lipinski definition) is 4. The predicted molar refractivity (Wildman–Crippen MR) is 106 cm³/mol. The molecule has 0 aliphatic heterocycles. The molecule has 0 fully saturated rings. The topological polar surface area (TPSA) is 91.8 Å². The van der Waals surface area contributed by atoms with Crippen molar-refractivity contribution in [2.45, 2.75) is 19.4 Å². The summed E-state index contributed by atoms with van der Waals surface area (Å²) in [5.74, 6) is -1.18. The summed E-state index contributed by atoms with van der Waals surface area (Å²) < 4.78 is 14.2. The van der Waals surface area contributed by atoms with E-state index in [1.54, 1.807) is 19.3 Å². The number of carbonyl (C=O) groups is 1. The molecule has 1 unspecified atom stereocenters. The van der Waals surface area contributed by atoms with Crippen LogP contribution in [0.15, 0.2) is 60.9 Å². The van der Waals surface area contributed by atoms with Crippen molar-refractivity contribution in [3.63, 3.8) is 0 Å². The Hall–Kier alpha value is -3.72. The Bertz CT molecular complexity index is 1030. The first kappa shape index (κ1) is 19.1. The van der Waals surface area contributed by atoms with Crippen LogP contribution in [0.2, 0.25) is 0 Å². The Morgan fingerprint density at radius 1 is 1.18 bits per heavy atom. The third kappa shape index (κ3) is 4.33. The third-order valence-corrected chi connectivity index (χ3v) is 4.52. The zero-order valence-corrected chi connectivity index (χ0v) is 15.3. The first-order valence-electron chi connectivity index (χ1n) is 8.73. The average molecular weight is 374 g/mol. The number of primary amides is 1. The van der Waals surface area contributed by atoms with E-state index in [1.807, 2.05) is 42.5 Å². The number of aryl methyl sites for hydroxylation is 1. The molecule has 6 heteroatoms. The number of pyridine rings is 1. The second-order valence-corrected chi connectivity index (χ2v) is 6.50. The average Bonchev–Trinajstić information content (AvgIpc) is 2.71. The SMILES string of the molecule is Cc1cc(NC(Cc2ccc(-c3ccncc3)cc2)C(N)=O)c(F)cc1C#N. The third-order valence-electron chi connectivity index (χ3n) is 4.52. The lowest BCUT2D eigenvalue weighted by molar-refractivity contribution is -0.118. The van der Waals surface area contributed by atoms with Crippen LogP contribution in [-0.4, -0.2) is 16.9 Å². The number of hydrogen-bond donors (Lipinski definition) is 2. The Morgan fingerprint density at radius 2 is 1.82 bits per heavy atom. The molecule has 1 amide bonds. The van der Waals surface area contributed by atoms with Gasteiger partial charge in [0.2, 0.25) is 5.91 Å². The highest BCUT2D eigenvalue weighted by molar-refractivity contribution is 5.83. The molecule has 0 aliphatic carbocycles. The van der Waals surface area contributed by atoms with E-state index in [0.717, 1.165) is 22.8 Å². The Labute approximate surface area is 162 Å². The second kappa shape index (κ2) is 8.31. The number of halogens is 1. The maximum Gasteiger partial charge on any atom is 0.240 e. The highest BCUT2D eigenvalue weighted by Crippen LogP contribution is 2.22. The molecular formula is C22H19FN4O. The molecule has 3 N–H and O–H groups in total. The van der Waals surface area contributed by atoms with Gasteiger partial charge >= 0.3 is 0 Å². The van der Waals surface area contributed by atoms with E-state index in [9.17, 15) is 9.18 Å². The van der Waals surface area contributed by atoms with E-state index in [1.165, 1.54) is 6.07 Å². The summed E-state index contributed by atoms with van der Waals surface area (Å²) in [6, 6.07) is 15.4. The number of rotatable bonds is 6. The van der Waals surface area contributed by atoms with Gasteiger partial charge in [0.1, 0.15) is 11.9 Å². The zero-order chi connectivity index (χ0) is 20.1. The molecule has 1 heterocycles. The van der Waals surface area contributed by atoms with Crippen molar-refractivity contribution in [3.8, 4) is 17.2 Å². The van der Waals surface area contributed by atoms with Crippen LogP contribution >= 0.6 is 0 Å². The molecule has 0 bridgehead atoms. The van der Waals surface area contributed by atoms with Crippen molar-refractivity contribution in [1.29, 1.82) is 5.26 Å². The predicted octanol–water partition coefficient (Wildman–Crippen LogP) is 3.58. The van der Waals surface area contributed by atoms with Gasteiger partial charge < -0.3 is 11.1 Å². The normalized spacial score (nSPS) is 11.5. The van der Waals surface area contributed by atoms with Gasteiger partial charge in [-0.3, -0.25) is 9.78 Å². The lowest BCUT2D eigenvalue weighted by Crippen LogP contribution is -2.37. The van der Waals surface area contributed by atoms with Gasteiger partial charge in [-0.1, -0.05) is 24.3 Å². The molecule has 0 aliphatic rings. The first-order valence-corrected chi connectivity index (χ1v) is 8.73. The summed E-state index contributed by atoms with van der Waals surface area (Å²) in [5, 5.41) is 11.9. The van der Waals surface area contributed by atoms with Crippen molar-refractivity contribution >= 4 is 11.6 Å². The first-order chi connectivity index (χ1) is 13.5. The van der Waals surface area contributed by atoms with E-state index in [4.69, 9.17) is 11.0 Å². The van der Waals surface area contributed by atoms with E-state index in [-0.39, 0.29) is 11.3 Å². The van der Waals surface area contributed by atoms with Crippen molar-refractivity contribution in [2.24, 2.45) is 5.73 Å². The number of nitrogens with one attached hydrogen (secondary N) is 1. The summed E-state index contributed by atoms with van der Waals surface area (Å²) in [5.41, 5.74) is 9.50. The zero-order valence-electron chi connectivity index (χ0n) is 15.3. The molecule has 0 spiro atoms. The van der Waals surface area contributed by atoms with Crippen LogP contribution in [0.25, 0.3) is 11.1 Å². The highest BCUT2D eigenvalue weighted by Gasteiger charge is 2.18. The van der Waals surface area contributed by atoms with E-state index < -0.39 is 17.8 Å². The van der Waals surface area contributed by atoms with Gasteiger partial charge in [-0.15, -0.1) is 0 Å². The quantitative estimate of drug-likeness (QED) is 0.690. The number of nitrogens with zero attached hydrogens (tertiary/aromatic N) is 2. The van der Waals surface area contributed by atoms with Crippen LogP contribution in [0.1, 0.15) is 16.7 Å². The van der Waals surface area contributed by atoms with E-state index in [2.05, 4.69) is 10.3 Å². The Balaban J connectivity index is 1.78. The van der Waals surface area contributed by atoms with Crippen LogP contribution in [-0.2, 0) is 11.2 Å². The fraction of sp³-hybridized carbons (Fsp3) is 0.136. The molecule has 3 aromatic rings. The molecule has 1 atom stereocenters. The second-order valence-electron chi connectivity index (χ2n) is 6.50. The lowest BCUT2D eigenvalue weighted by Gasteiger charge is -2.18. The number of carbonyl (C=O) groups excluding carboxylic acids is 1. The summed E-state index contributed by atoms with van der Waals surface area (Å²) >= 11 is 0. The smallest absolute Gasteiger partial charge is 0.240 e.